The van der Waals surface area contributed by atoms with Crippen molar-refractivity contribution in [3.8, 4) is 0 Å². The Labute approximate surface area is 145 Å². The van der Waals surface area contributed by atoms with Crippen molar-refractivity contribution in [1.82, 2.24) is 9.55 Å². The Morgan fingerprint density at radius 2 is 2.08 bits per heavy atom. The number of ether oxygens (including phenoxy) is 1. The van der Waals surface area contributed by atoms with E-state index < -0.39 is 5.41 Å². The van der Waals surface area contributed by atoms with Crippen molar-refractivity contribution in [2.75, 3.05) is 7.11 Å². The molecule has 1 fully saturated rings. The molecule has 2 aromatic rings. The molecule has 1 saturated carbocycles. The summed E-state index contributed by atoms with van der Waals surface area (Å²) in [6, 6.07) is 9.68. The highest BCUT2D eigenvalue weighted by atomic mass is 16.5. The molecule has 2 heterocycles. The van der Waals surface area contributed by atoms with Gasteiger partial charge in [0.1, 0.15) is 11.2 Å². The monoisotopic (exact) mass is 334 g/mol. The van der Waals surface area contributed by atoms with Crippen LogP contribution < -0.4 is 5.56 Å². The summed E-state index contributed by atoms with van der Waals surface area (Å²) in [6.07, 6.45) is 7.96. The lowest BCUT2D eigenvalue weighted by atomic mass is 10.0. The summed E-state index contributed by atoms with van der Waals surface area (Å²) in [7, 11) is 1.37. The van der Waals surface area contributed by atoms with Crippen molar-refractivity contribution in [2.24, 2.45) is 5.41 Å². The Balaban J connectivity index is 1.74. The van der Waals surface area contributed by atoms with Crippen LogP contribution in [0.3, 0.4) is 0 Å². The third kappa shape index (κ3) is 2.35. The maximum absolute atomic E-state index is 12.8. The van der Waals surface area contributed by atoms with Gasteiger partial charge in [0.15, 0.2) is 0 Å². The van der Waals surface area contributed by atoms with Crippen LogP contribution in [0.25, 0.3) is 18.2 Å². The number of aromatic nitrogens is 2. The van der Waals surface area contributed by atoms with Crippen molar-refractivity contribution >= 4 is 24.2 Å². The molecule has 1 aromatic carbocycles. The predicted molar refractivity (Wildman–Crippen MR) is 95.7 cm³/mol. The Kier molecular flexibility index (Phi) is 3.46. The summed E-state index contributed by atoms with van der Waals surface area (Å²) in [5.41, 5.74) is 1.48. The number of esters is 1. The first-order valence-electron chi connectivity index (χ1n) is 8.21. The standard InChI is InChI=1S/C20H18N2O3/c1-13-15(9-8-14-6-4-3-5-7-14)21-17-10-11-20(19(24)25-2)12-16(20)22(17)18(13)23/h3-11,16H,12H2,1-2H3/b9-8+. The average Bonchev–Trinajstić information content (AvgIpc) is 3.39. The molecule has 1 aliphatic carbocycles. The first-order chi connectivity index (χ1) is 12.1. The van der Waals surface area contributed by atoms with Crippen LogP contribution in [-0.2, 0) is 9.53 Å². The number of nitrogens with zero attached hydrogens (tertiary/aromatic N) is 2. The fourth-order valence-electron chi connectivity index (χ4n) is 3.44. The van der Waals surface area contributed by atoms with E-state index in [0.717, 1.165) is 5.56 Å². The second-order valence-electron chi connectivity index (χ2n) is 6.48. The highest BCUT2D eigenvalue weighted by molar-refractivity contribution is 5.86. The van der Waals surface area contributed by atoms with Gasteiger partial charge in [0, 0.05) is 5.56 Å². The van der Waals surface area contributed by atoms with Crippen molar-refractivity contribution in [3.05, 3.63) is 69.4 Å². The van der Waals surface area contributed by atoms with E-state index in [1.807, 2.05) is 48.6 Å². The zero-order valence-corrected chi connectivity index (χ0v) is 14.1. The molecule has 2 unspecified atom stereocenters. The van der Waals surface area contributed by atoms with Crippen LogP contribution in [0.1, 0.15) is 35.1 Å². The van der Waals surface area contributed by atoms with Crippen LogP contribution in [0.15, 0.2) is 41.2 Å². The first-order valence-corrected chi connectivity index (χ1v) is 8.21. The summed E-state index contributed by atoms with van der Waals surface area (Å²) in [4.78, 5) is 29.5. The fraction of sp³-hybridized carbons (Fsp3) is 0.250. The summed E-state index contributed by atoms with van der Waals surface area (Å²) < 4.78 is 6.52. The topological polar surface area (TPSA) is 61.2 Å². The molecule has 5 nitrogen and oxygen atoms in total. The molecule has 0 bridgehead atoms. The minimum Gasteiger partial charge on any atom is -0.468 e. The maximum atomic E-state index is 12.8. The second kappa shape index (κ2) is 5.55. The van der Waals surface area contributed by atoms with Gasteiger partial charge in [0.2, 0.25) is 0 Å². The van der Waals surface area contributed by atoms with Gasteiger partial charge in [-0.25, -0.2) is 4.98 Å². The number of hydrogen-bond donors (Lipinski definition) is 0. The van der Waals surface area contributed by atoms with E-state index in [4.69, 9.17) is 4.74 Å². The minimum atomic E-state index is -0.693. The molecule has 0 radical (unpaired) electrons. The SMILES string of the molecule is COC(=O)C12C=Cc3nc(/C=C/c4ccccc4)c(C)c(=O)n3C1C2. The van der Waals surface area contributed by atoms with Crippen LogP contribution in [-0.4, -0.2) is 22.6 Å². The third-order valence-electron chi connectivity index (χ3n) is 5.01. The fourth-order valence-corrected chi connectivity index (χ4v) is 3.44. The van der Waals surface area contributed by atoms with E-state index in [1.165, 1.54) is 7.11 Å². The largest absolute Gasteiger partial charge is 0.468 e. The lowest BCUT2D eigenvalue weighted by Crippen LogP contribution is -2.32. The molecule has 0 N–H and O–H groups in total. The smallest absolute Gasteiger partial charge is 0.317 e. The zero-order valence-electron chi connectivity index (χ0n) is 14.1. The first kappa shape index (κ1) is 15.6. The van der Waals surface area contributed by atoms with Crippen LogP contribution in [0, 0.1) is 12.3 Å². The molecule has 2 aliphatic rings. The number of rotatable bonds is 3. The van der Waals surface area contributed by atoms with Gasteiger partial charge in [0.25, 0.3) is 5.56 Å². The summed E-state index contributed by atoms with van der Waals surface area (Å²) in [5.74, 6) is 0.294. The molecular formula is C20H18N2O3. The molecular weight excluding hydrogens is 316 g/mol. The Morgan fingerprint density at radius 1 is 1.32 bits per heavy atom. The molecule has 1 aromatic heterocycles. The van der Waals surface area contributed by atoms with Gasteiger partial charge in [-0.2, -0.15) is 0 Å². The zero-order chi connectivity index (χ0) is 17.6. The Morgan fingerprint density at radius 3 is 2.80 bits per heavy atom. The van der Waals surface area contributed by atoms with Gasteiger partial charge in [0.05, 0.1) is 18.8 Å². The molecule has 2 atom stereocenters. The van der Waals surface area contributed by atoms with Gasteiger partial charge >= 0.3 is 5.97 Å². The minimum absolute atomic E-state index is 0.0992. The molecule has 0 amide bonds. The predicted octanol–water partition coefficient (Wildman–Crippen LogP) is 2.85. The number of methoxy groups -OCH3 is 1. The molecule has 1 aliphatic heterocycles. The van der Waals surface area contributed by atoms with Gasteiger partial charge in [-0.05, 0) is 31.1 Å². The molecule has 0 saturated heterocycles. The Hall–Kier alpha value is -2.95. The molecule has 0 spiro atoms. The lowest BCUT2D eigenvalue weighted by molar-refractivity contribution is -0.145. The number of carbonyl (C=O) groups is 1. The molecule has 126 valence electrons. The number of fused-ring (bicyclic) bond motifs is 3. The molecule has 5 heteroatoms. The van der Waals surface area contributed by atoms with Crippen LogP contribution in [0.4, 0.5) is 0 Å². The van der Waals surface area contributed by atoms with E-state index in [0.29, 0.717) is 23.5 Å². The Bertz CT molecular complexity index is 972. The van der Waals surface area contributed by atoms with Crippen molar-refractivity contribution in [1.29, 1.82) is 0 Å². The van der Waals surface area contributed by atoms with E-state index in [9.17, 15) is 9.59 Å². The summed E-state index contributed by atoms with van der Waals surface area (Å²) in [5, 5.41) is 0. The van der Waals surface area contributed by atoms with Gasteiger partial charge in [-0.15, -0.1) is 0 Å². The van der Waals surface area contributed by atoms with Crippen molar-refractivity contribution in [2.45, 2.75) is 19.4 Å². The van der Waals surface area contributed by atoms with Gasteiger partial charge in [-0.1, -0.05) is 42.5 Å². The summed E-state index contributed by atoms with van der Waals surface area (Å²) in [6.45, 7) is 1.77. The lowest BCUT2D eigenvalue weighted by Gasteiger charge is -2.19. The van der Waals surface area contributed by atoms with Crippen molar-refractivity contribution < 1.29 is 9.53 Å². The van der Waals surface area contributed by atoms with E-state index in [-0.39, 0.29) is 17.6 Å². The van der Waals surface area contributed by atoms with Crippen molar-refractivity contribution in [3.63, 3.8) is 0 Å². The quantitative estimate of drug-likeness (QED) is 0.810. The number of hydrogen-bond acceptors (Lipinski definition) is 4. The highest BCUT2D eigenvalue weighted by Gasteiger charge is 2.62. The van der Waals surface area contributed by atoms with E-state index in [2.05, 4.69) is 4.98 Å². The normalized spacial score (nSPS) is 23.2. The van der Waals surface area contributed by atoms with E-state index >= 15 is 0 Å². The van der Waals surface area contributed by atoms with Crippen LogP contribution in [0.5, 0.6) is 0 Å². The van der Waals surface area contributed by atoms with Crippen LogP contribution >= 0.6 is 0 Å². The number of benzene rings is 1. The number of carbonyl (C=O) groups excluding carboxylic acids is 1. The molecule has 4 rings (SSSR count). The van der Waals surface area contributed by atoms with Crippen LogP contribution in [0.2, 0.25) is 0 Å². The second-order valence-corrected chi connectivity index (χ2v) is 6.48. The average molecular weight is 334 g/mol. The third-order valence-corrected chi connectivity index (χ3v) is 5.01. The van der Waals surface area contributed by atoms with E-state index in [1.54, 1.807) is 17.6 Å². The highest BCUT2D eigenvalue weighted by Crippen LogP contribution is 2.60. The van der Waals surface area contributed by atoms with Gasteiger partial charge < -0.3 is 4.74 Å². The van der Waals surface area contributed by atoms with Gasteiger partial charge in [-0.3, -0.25) is 14.2 Å². The summed E-state index contributed by atoms with van der Waals surface area (Å²) >= 11 is 0. The molecule has 25 heavy (non-hydrogen) atoms. The maximum Gasteiger partial charge on any atom is 0.317 e.